The quantitative estimate of drug-likeness (QED) is 0.814. The summed E-state index contributed by atoms with van der Waals surface area (Å²) in [5.74, 6) is 0.130. The molecule has 0 saturated heterocycles. The smallest absolute Gasteiger partial charge is 0.253 e. The number of nitrogens with zero attached hydrogens (tertiary/aromatic N) is 1. The van der Waals surface area contributed by atoms with E-state index in [-0.39, 0.29) is 5.91 Å². The van der Waals surface area contributed by atoms with Crippen LogP contribution in [0.15, 0.2) is 22.7 Å². The van der Waals surface area contributed by atoms with E-state index in [0.29, 0.717) is 6.04 Å². The van der Waals surface area contributed by atoms with Crippen molar-refractivity contribution in [3.63, 3.8) is 0 Å². The summed E-state index contributed by atoms with van der Waals surface area (Å²) >= 11 is 3.46. The van der Waals surface area contributed by atoms with Gasteiger partial charge >= 0.3 is 0 Å². The Morgan fingerprint density at radius 1 is 1.44 bits per heavy atom. The first kappa shape index (κ1) is 11.6. The van der Waals surface area contributed by atoms with Gasteiger partial charge in [-0.3, -0.25) is 4.79 Å². The van der Waals surface area contributed by atoms with Crippen molar-refractivity contribution in [3.05, 3.63) is 33.8 Å². The number of halogens is 1. The number of benzene rings is 1. The molecule has 1 fully saturated rings. The van der Waals surface area contributed by atoms with Gasteiger partial charge in [0.05, 0.1) is 0 Å². The third-order valence-corrected chi connectivity index (χ3v) is 4.22. The minimum absolute atomic E-state index is 0.130. The molecular weight excluding hydrogens is 266 g/mol. The predicted molar refractivity (Wildman–Crippen MR) is 68.6 cm³/mol. The van der Waals surface area contributed by atoms with Gasteiger partial charge in [0, 0.05) is 23.1 Å². The molecule has 16 heavy (non-hydrogen) atoms. The zero-order valence-electron chi connectivity index (χ0n) is 9.66. The Hall–Kier alpha value is -0.830. The van der Waals surface area contributed by atoms with Crippen LogP contribution in [0.5, 0.6) is 0 Å². The standard InChI is InChI=1S/C13H16BrNO/c1-9-6-7-10(8-12(9)14)13(16)15(2)11-4-3-5-11/h6-8,11H,3-5H2,1-2H3. The maximum absolute atomic E-state index is 12.1. The van der Waals surface area contributed by atoms with E-state index < -0.39 is 0 Å². The van der Waals surface area contributed by atoms with E-state index in [2.05, 4.69) is 15.9 Å². The minimum Gasteiger partial charge on any atom is -0.339 e. The van der Waals surface area contributed by atoms with Gasteiger partial charge in [-0.15, -0.1) is 0 Å². The lowest BCUT2D eigenvalue weighted by molar-refractivity contribution is 0.0652. The molecule has 1 amide bonds. The number of hydrogen-bond acceptors (Lipinski definition) is 1. The van der Waals surface area contributed by atoms with Crippen LogP contribution in [0.1, 0.15) is 35.2 Å². The van der Waals surface area contributed by atoms with Crippen LogP contribution in [0.3, 0.4) is 0 Å². The molecule has 0 N–H and O–H groups in total. The molecule has 1 aliphatic carbocycles. The average Bonchev–Trinajstić information content (AvgIpc) is 2.18. The molecule has 2 nitrogen and oxygen atoms in total. The van der Waals surface area contributed by atoms with E-state index in [4.69, 9.17) is 0 Å². The molecule has 2 rings (SSSR count). The second-order valence-electron chi connectivity index (χ2n) is 4.46. The summed E-state index contributed by atoms with van der Waals surface area (Å²) in [6.07, 6.45) is 3.55. The molecule has 1 aromatic rings. The maximum atomic E-state index is 12.1. The average molecular weight is 282 g/mol. The molecule has 0 heterocycles. The van der Waals surface area contributed by atoms with Crippen molar-refractivity contribution in [2.24, 2.45) is 0 Å². The summed E-state index contributed by atoms with van der Waals surface area (Å²) in [4.78, 5) is 14.0. The Labute approximate surface area is 105 Å². The van der Waals surface area contributed by atoms with Crippen LogP contribution in [0.4, 0.5) is 0 Å². The molecular formula is C13H16BrNO. The molecule has 1 saturated carbocycles. The highest BCUT2D eigenvalue weighted by molar-refractivity contribution is 9.10. The van der Waals surface area contributed by atoms with Crippen molar-refractivity contribution < 1.29 is 4.79 Å². The summed E-state index contributed by atoms with van der Waals surface area (Å²) in [6, 6.07) is 6.24. The molecule has 1 aromatic carbocycles. The van der Waals surface area contributed by atoms with E-state index in [1.54, 1.807) is 0 Å². The Morgan fingerprint density at radius 3 is 2.62 bits per heavy atom. The highest BCUT2D eigenvalue weighted by Gasteiger charge is 2.26. The first-order valence-corrected chi connectivity index (χ1v) is 6.42. The van der Waals surface area contributed by atoms with Crippen LogP contribution in [0.2, 0.25) is 0 Å². The van der Waals surface area contributed by atoms with Gasteiger partial charge in [0.15, 0.2) is 0 Å². The summed E-state index contributed by atoms with van der Waals surface area (Å²) in [6.45, 7) is 2.02. The van der Waals surface area contributed by atoms with Gasteiger partial charge in [0.25, 0.3) is 5.91 Å². The van der Waals surface area contributed by atoms with Gasteiger partial charge in [-0.1, -0.05) is 22.0 Å². The van der Waals surface area contributed by atoms with Crippen LogP contribution < -0.4 is 0 Å². The molecule has 0 atom stereocenters. The SMILES string of the molecule is Cc1ccc(C(=O)N(C)C2CCC2)cc1Br. The van der Waals surface area contributed by atoms with Gasteiger partial charge in [0.1, 0.15) is 0 Å². The van der Waals surface area contributed by atoms with Crippen LogP contribution in [0.25, 0.3) is 0 Å². The van der Waals surface area contributed by atoms with Gasteiger partial charge in [-0.2, -0.15) is 0 Å². The van der Waals surface area contributed by atoms with Crippen LogP contribution in [-0.4, -0.2) is 23.9 Å². The Morgan fingerprint density at radius 2 is 2.12 bits per heavy atom. The van der Waals surface area contributed by atoms with Gasteiger partial charge in [-0.25, -0.2) is 0 Å². The topological polar surface area (TPSA) is 20.3 Å². The van der Waals surface area contributed by atoms with Crippen LogP contribution in [-0.2, 0) is 0 Å². The number of hydrogen-bond donors (Lipinski definition) is 0. The molecule has 0 unspecified atom stereocenters. The summed E-state index contributed by atoms with van der Waals surface area (Å²) < 4.78 is 1.00. The highest BCUT2D eigenvalue weighted by atomic mass is 79.9. The van der Waals surface area contributed by atoms with Crippen LogP contribution >= 0.6 is 15.9 Å². The fraction of sp³-hybridized carbons (Fsp3) is 0.462. The van der Waals surface area contributed by atoms with E-state index in [1.807, 2.05) is 37.1 Å². The monoisotopic (exact) mass is 281 g/mol. The number of aryl methyl sites for hydroxylation is 1. The molecule has 0 radical (unpaired) electrons. The zero-order valence-corrected chi connectivity index (χ0v) is 11.3. The predicted octanol–water partition coefficient (Wildman–Crippen LogP) is 3.38. The Balaban J connectivity index is 2.16. The molecule has 0 aromatic heterocycles. The van der Waals surface area contributed by atoms with Crippen molar-refractivity contribution in [1.82, 2.24) is 4.90 Å². The summed E-state index contributed by atoms with van der Waals surface area (Å²) in [5, 5.41) is 0. The largest absolute Gasteiger partial charge is 0.339 e. The normalized spacial score (nSPS) is 15.7. The van der Waals surface area contributed by atoms with Gasteiger partial charge in [-0.05, 0) is 43.9 Å². The number of rotatable bonds is 2. The Kier molecular flexibility index (Phi) is 3.33. The third kappa shape index (κ3) is 2.14. The fourth-order valence-corrected chi connectivity index (χ4v) is 2.25. The van der Waals surface area contributed by atoms with E-state index in [0.717, 1.165) is 28.4 Å². The first-order chi connectivity index (χ1) is 7.59. The molecule has 0 bridgehead atoms. The van der Waals surface area contributed by atoms with E-state index in [9.17, 15) is 4.79 Å². The summed E-state index contributed by atoms with van der Waals surface area (Å²) in [7, 11) is 1.90. The molecule has 1 aliphatic rings. The lowest BCUT2D eigenvalue weighted by Crippen LogP contribution is -2.41. The fourth-order valence-electron chi connectivity index (χ4n) is 1.87. The van der Waals surface area contributed by atoms with E-state index >= 15 is 0 Å². The van der Waals surface area contributed by atoms with Crippen molar-refractivity contribution in [2.45, 2.75) is 32.2 Å². The lowest BCUT2D eigenvalue weighted by atomic mass is 9.91. The number of carbonyl (C=O) groups excluding carboxylic acids is 1. The molecule has 0 spiro atoms. The van der Waals surface area contributed by atoms with Crippen molar-refractivity contribution in [1.29, 1.82) is 0 Å². The first-order valence-electron chi connectivity index (χ1n) is 5.63. The van der Waals surface area contributed by atoms with Gasteiger partial charge in [0.2, 0.25) is 0 Å². The van der Waals surface area contributed by atoms with Gasteiger partial charge < -0.3 is 4.90 Å². The second kappa shape index (κ2) is 4.58. The number of amides is 1. The molecule has 0 aliphatic heterocycles. The highest BCUT2D eigenvalue weighted by Crippen LogP contribution is 2.25. The molecule has 86 valence electrons. The third-order valence-electron chi connectivity index (χ3n) is 3.36. The van der Waals surface area contributed by atoms with Crippen LogP contribution in [0, 0.1) is 6.92 Å². The zero-order chi connectivity index (χ0) is 11.7. The summed E-state index contributed by atoms with van der Waals surface area (Å²) in [5.41, 5.74) is 1.93. The van der Waals surface area contributed by atoms with E-state index in [1.165, 1.54) is 6.42 Å². The second-order valence-corrected chi connectivity index (χ2v) is 5.32. The van der Waals surface area contributed by atoms with Crippen molar-refractivity contribution in [3.8, 4) is 0 Å². The Bertz CT molecular complexity index is 412. The molecule has 3 heteroatoms. The number of carbonyl (C=O) groups is 1. The van der Waals surface area contributed by atoms with Crippen molar-refractivity contribution >= 4 is 21.8 Å². The minimum atomic E-state index is 0.130. The maximum Gasteiger partial charge on any atom is 0.253 e. The van der Waals surface area contributed by atoms with Crippen molar-refractivity contribution in [2.75, 3.05) is 7.05 Å². The lowest BCUT2D eigenvalue weighted by Gasteiger charge is -2.34.